The minimum Gasteiger partial charge on any atom is -0.374 e. The van der Waals surface area contributed by atoms with Gasteiger partial charge in [0.1, 0.15) is 0 Å². The molecule has 20 heavy (non-hydrogen) atoms. The van der Waals surface area contributed by atoms with Crippen LogP contribution in [0.1, 0.15) is 0 Å². The maximum atomic E-state index is 11.7. The topological polar surface area (TPSA) is 57.3 Å². The van der Waals surface area contributed by atoms with E-state index in [1.54, 1.807) is 6.20 Å². The first-order valence-corrected chi connectivity index (χ1v) is 6.66. The van der Waals surface area contributed by atoms with Crippen molar-refractivity contribution in [3.8, 4) is 0 Å². The van der Waals surface area contributed by atoms with E-state index < -0.39 is 0 Å². The highest BCUT2D eigenvalue weighted by atomic mass is 16.1. The highest BCUT2D eigenvalue weighted by molar-refractivity contribution is 5.91. The van der Waals surface area contributed by atoms with E-state index >= 15 is 0 Å². The highest BCUT2D eigenvalue weighted by Gasteiger charge is 2.04. The summed E-state index contributed by atoms with van der Waals surface area (Å²) in [4.78, 5) is 18.1. The quantitative estimate of drug-likeness (QED) is 0.833. The lowest BCUT2D eigenvalue weighted by atomic mass is 10.2. The molecule has 2 N–H and O–H groups in total. The normalized spacial score (nSPS) is 10.8. The molecule has 0 saturated heterocycles. The van der Waals surface area contributed by atoms with Crippen molar-refractivity contribution in [2.75, 3.05) is 39.0 Å². The lowest BCUT2D eigenvalue weighted by Gasteiger charge is -2.12. The van der Waals surface area contributed by atoms with Gasteiger partial charge in [-0.3, -0.25) is 9.78 Å². The van der Waals surface area contributed by atoms with E-state index in [0.717, 1.165) is 23.1 Å². The number of pyridine rings is 1. The van der Waals surface area contributed by atoms with E-state index in [4.69, 9.17) is 0 Å². The predicted octanol–water partition coefficient (Wildman–Crippen LogP) is 1.32. The number of nitrogens with zero attached hydrogens (tertiary/aromatic N) is 2. The summed E-state index contributed by atoms with van der Waals surface area (Å²) < 4.78 is 0. The molecule has 0 spiro atoms. The van der Waals surface area contributed by atoms with Crippen LogP contribution in [0.15, 0.2) is 36.5 Å². The average molecular weight is 272 g/mol. The summed E-state index contributed by atoms with van der Waals surface area (Å²) in [7, 11) is 3.96. The third-order valence-electron chi connectivity index (χ3n) is 2.95. The number of amides is 1. The molecule has 106 valence electrons. The molecular formula is C15H20N4O. The number of nitrogens with one attached hydrogen (secondary N) is 2. The van der Waals surface area contributed by atoms with Crippen LogP contribution in [0.2, 0.25) is 0 Å². The molecule has 1 aromatic heterocycles. The van der Waals surface area contributed by atoms with Crippen molar-refractivity contribution < 1.29 is 4.79 Å². The van der Waals surface area contributed by atoms with Crippen molar-refractivity contribution in [1.29, 1.82) is 0 Å². The third kappa shape index (κ3) is 3.93. The summed E-state index contributed by atoms with van der Waals surface area (Å²) in [5.74, 6) is -0.0141. The highest BCUT2D eigenvalue weighted by Crippen LogP contribution is 2.20. The Labute approximate surface area is 119 Å². The van der Waals surface area contributed by atoms with Crippen LogP contribution < -0.4 is 10.6 Å². The van der Waals surface area contributed by atoms with Crippen LogP contribution in [0, 0.1) is 0 Å². The van der Waals surface area contributed by atoms with Crippen LogP contribution >= 0.6 is 0 Å². The molecule has 0 atom stereocenters. The molecule has 0 aliphatic rings. The van der Waals surface area contributed by atoms with E-state index in [1.165, 1.54) is 0 Å². The zero-order valence-electron chi connectivity index (χ0n) is 11.9. The molecule has 2 rings (SSSR count). The van der Waals surface area contributed by atoms with E-state index in [2.05, 4.69) is 15.6 Å². The first-order chi connectivity index (χ1) is 9.66. The van der Waals surface area contributed by atoms with E-state index in [-0.39, 0.29) is 12.5 Å². The number of aromatic nitrogens is 1. The van der Waals surface area contributed by atoms with Crippen molar-refractivity contribution >= 4 is 22.5 Å². The Balaban J connectivity index is 1.91. The fourth-order valence-electron chi connectivity index (χ4n) is 1.90. The predicted molar refractivity (Wildman–Crippen MR) is 81.8 cm³/mol. The van der Waals surface area contributed by atoms with Crippen LogP contribution in [0.4, 0.5) is 5.69 Å². The van der Waals surface area contributed by atoms with E-state index in [1.807, 2.05) is 49.3 Å². The molecule has 0 radical (unpaired) electrons. The van der Waals surface area contributed by atoms with Gasteiger partial charge in [0.15, 0.2) is 0 Å². The number of hydrogen-bond acceptors (Lipinski definition) is 4. The molecule has 0 bridgehead atoms. The molecule has 1 aromatic carbocycles. The Hall–Kier alpha value is -2.14. The fraction of sp³-hybridized carbons (Fsp3) is 0.333. The Morgan fingerprint density at radius 3 is 2.85 bits per heavy atom. The summed E-state index contributed by atoms with van der Waals surface area (Å²) >= 11 is 0. The molecule has 5 heteroatoms. The number of carbonyl (C=O) groups is 1. The summed E-state index contributed by atoms with van der Waals surface area (Å²) in [5, 5.41) is 7.07. The van der Waals surface area contributed by atoms with Gasteiger partial charge in [-0.25, -0.2) is 0 Å². The molecule has 0 fully saturated rings. The molecule has 0 aliphatic heterocycles. The molecule has 2 aromatic rings. The molecule has 0 aliphatic carbocycles. The molecule has 0 saturated carbocycles. The maximum Gasteiger partial charge on any atom is 0.239 e. The number of hydrogen-bond donors (Lipinski definition) is 2. The van der Waals surface area contributed by atoms with Gasteiger partial charge in [0, 0.05) is 24.7 Å². The van der Waals surface area contributed by atoms with Gasteiger partial charge in [-0.2, -0.15) is 0 Å². The number of fused-ring (bicyclic) bond motifs is 1. The number of rotatable bonds is 6. The van der Waals surface area contributed by atoms with Gasteiger partial charge in [0.05, 0.1) is 17.7 Å². The average Bonchev–Trinajstić information content (AvgIpc) is 2.44. The smallest absolute Gasteiger partial charge is 0.239 e. The van der Waals surface area contributed by atoms with Crippen molar-refractivity contribution in [3.05, 3.63) is 36.5 Å². The van der Waals surface area contributed by atoms with Crippen molar-refractivity contribution in [3.63, 3.8) is 0 Å². The largest absolute Gasteiger partial charge is 0.374 e. The fourth-order valence-corrected chi connectivity index (χ4v) is 1.90. The van der Waals surface area contributed by atoms with Gasteiger partial charge in [-0.05, 0) is 26.2 Å². The van der Waals surface area contributed by atoms with Gasteiger partial charge in [0.25, 0.3) is 0 Å². The summed E-state index contributed by atoms with van der Waals surface area (Å²) in [6.45, 7) is 1.74. The van der Waals surface area contributed by atoms with Gasteiger partial charge >= 0.3 is 0 Å². The van der Waals surface area contributed by atoms with Crippen molar-refractivity contribution in [2.45, 2.75) is 0 Å². The third-order valence-corrected chi connectivity index (χ3v) is 2.95. The lowest BCUT2D eigenvalue weighted by molar-refractivity contribution is -0.119. The molecule has 1 amide bonds. The Kier molecular flexibility index (Phi) is 4.90. The summed E-state index contributed by atoms with van der Waals surface area (Å²) in [5.41, 5.74) is 1.77. The number of anilines is 1. The Morgan fingerprint density at radius 2 is 2.05 bits per heavy atom. The Bertz CT molecular complexity index is 578. The number of benzene rings is 1. The van der Waals surface area contributed by atoms with Gasteiger partial charge in [-0.15, -0.1) is 0 Å². The van der Waals surface area contributed by atoms with Crippen molar-refractivity contribution in [2.24, 2.45) is 0 Å². The van der Waals surface area contributed by atoms with Crippen LogP contribution in [0.25, 0.3) is 10.9 Å². The lowest BCUT2D eigenvalue weighted by Crippen LogP contribution is -2.35. The number of likely N-dealkylation sites (N-methyl/N-ethyl adjacent to an activating group) is 1. The Morgan fingerprint density at radius 1 is 1.25 bits per heavy atom. The zero-order chi connectivity index (χ0) is 14.4. The van der Waals surface area contributed by atoms with Crippen LogP contribution in [0.3, 0.4) is 0 Å². The van der Waals surface area contributed by atoms with E-state index in [0.29, 0.717) is 6.54 Å². The molecule has 0 unspecified atom stereocenters. The summed E-state index contributed by atoms with van der Waals surface area (Å²) in [6, 6.07) is 9.80. The SMILES string of the molecule is CN(C)CCNC(=O)CNc1cccc2cccnc12. The summed E-state index contributed by atoms with van der Waals surface area (Å²) in [6.07, 6.45) is 1.75. The first kappa shape index (κ1) is 14.3. The van der Waals surface area contributed by atoms with E-state index in [9.17, 15) is 4.79 Å². The maximum absolute atomic E-state index is 11.7. The minimum atomic E-state index is -0.0141. The zero-order valence-corrected chi connectivity index (χ0v) is 11.9. The molecule has 5 nitrogen and oxygen atoms in total. The second kappa shape index (κ2) is 6.86. The molecular weight excluding hydrogens is 252 g/mol. The monoisotopic (exact) mass is 272 g/mol. The molecule has 1 heterocycles. The second-order valence-electron chi connectivity index (χ2n) is 4.89. The second-order valence-corrected chi connectivity index (χ2v) is 4.89. The van der Waals surface area contributed by atoms with Crippen molar-refractivity contribution in [1.82, 2.24) is 15.2 Å². The number of carbonyl (C=O) groups excluding carboxylic acids is 1. The van der Waals surface area contributed by atoms with Gasteiger partial charge in [-0.1, -0.05) is 18.2 Å². The van der Waals surface area contributed by atoms with Crippen LogP contribution in [-0.2, 0) is 4.79 Å². The standard InChI is InChI=1S/C15H20N4O/c1-19(2)10-9-16-14(20)11-18-13-7-3-5-12-6-4-8-17-15(12)13/h3-8,18H,9-11H2,1-2H3,(H,16,20). The van der Waals surface area contributed by atoms with Crippen LogP contribution in [0.5, 0.6) is 0 Å². The number of para-hydroxylation sites is 1. The minimum absolute atomic E-state index is 0.0141. The van der Waals surface area contributed by atoms with Gasteiger partial charge in [0.2, 0.25) is 5.91 Å². The van der Waals surface area contributed by atoms with Gasteiger partial charge < -0.3 is 15.5 Å². The van der Waals surface area contributed by atoms with Crippen LogP contribution in [-0.4, -0.2) is 49.5 Å². The first-order valence-electron chi connectivity index (χ1n) is 6.66.